The van der Waals surface area contributed by atoms with E-state index < -0.39 is 0 Å². The smallest absolute Gasteiger partial charge is 0.307 e. The van der Waals surface area contributed by atoms with Gasteiger partial charge in [0.25, 0.3) is 0 Å². The lowest BCUT2D eigenvalue weighted by Crippen LogP contribution is -2.52. The van der Waals surface area contributed by atoms with E-state index in [1.54, 1.807) is 11.3 Å². The molecule has 1 saturated heterocycles. The Morgan fingerprint density at radius 2 is 2.07 bits per heavy atom. The van der Waals surface area contributed by atoms with Crippen LogP contribution in [0, 0.1) is 6.92 Å². The van der Waals surface area contributed by atoms with Crippen LogP contribution in [-0.2, 0) is 9.53 Å². The minimum absolute atomic E-state index is 0.0985. The molecule has 1 unspecified atom stereocenters. The number of amidine groups is 1. The molecule has 0 bridgehead atoms. The van der Waals surface area contributed by atoms with E-state index in [-0.39, 0.29) is 12.0 Å². The molecule has 30 heavy (non-hydrogen) atoms. The number of thiophene rings is 1. The molecule has 0 saturated carbocycles. The van der Waals surface area contributed by atoms with Crippen molar-refractivity contribution in [2.75, 3.05) is 52.2 Å². The zero-order valence-electron chi connectivity index (χ0n) is 17.8. The molecule has 1 fully saturated rings. The fourth-order valence-electron chi connectivity index (χ4n) is 3.98. The van der Waals surface area contributed by atoms with Crippen LogP contribution in [0.5, 0.6) is 0 Å². The van der Waals surface area contributed by atoms with Gasteiger partial charge in [-0.25, -0.2) is 4.99 Å². The van der Waals surface area contributed by atoms with E-state index in [0.29, 0.717) is 6.42 Å². The third-order valence-corrected chi connectivity index (χ3v) is 6.64. The summed E-state index contributed by atoms with van der Waals surface area (Å²) < 4.78 is 4.82. The quantitative estimate of drug-likeness (QED) is 0.715. The Morgan fingerprint density at radius 3 is 2.80 bits per heavy atom. The number of methoxy groups -OCH3 is 1. The number of piperazine rings is 1. The van der Waals surface area contributed by atoms with Crippen molar-refractivity contribution in [2.24, 2.45) is 4.99 Å². The van der Waals surface area contributed by atoms with E-state index in [1.807, 2.05) is 19.2 Å². The van der Waals surface area contributed by atoms with Gasteiger partial charge in [0.2, 0.25) is 0 Å². The lowest BCUT2D eigenvalue weighted by atomic mass is 10.1. The topological polar surface area (TPSA) is 69.2 Å². The molecule has 2 aromatic rings. The molecule has 8 heteroatoms. The van der Waals surface area contributed by atoms with Crippen LogP contribution in [0.3, 0.4) is 0 Å². The highest BCUT2D eigenvalue weighted by molar-refractivity contribution is 7.16. The van der Waals surface area contributed by atoms with Gasteiger partial charge in [-0.1, -0.05) is 12.1 Å². The third-order valence-electron chi connectivity index (χ3n) is 5.67. The molecule has 0 amide bonds. The first kappa shape index (κ1) is 20.8. The summed E-state index contributed by atoms with van der Waals surface area (Å²) >= 11 is 1.77. The second-order valence-corrected chi connectivity index (χ2v) is 8.99. The number of carbonyl (C=O) groups is 1. The molecule has 3 heterocycles. The van der Waals surface area contributed by atoms with Crippen LogP contribution in [0.25, 0.3) is 0 Å². The molecule has 160 valence electrons. The number of aryl methyl sites for hydroxylation is 1. The van der Waals surface area contributed by atoms with Gasteiger partial charge >= 0.3 is 5.97 Å². The Kier molecular flexibility index (Phi) is 6.36. The van der Waals surface area contributed by atoms with Crippen molar-refractivity contribution in [2.45, 2.75) is 19.4 Å². The number of nitrogens with one attached hydrogen (secondary N) is 2. The van der Waals surface area contributed by atoms with E-state index in [0.717, 1.165) is 54.9 Å². The Morgan fingerprint density at radius 1 is 1.30 bits per heavy atom. The Bertz CT molecular complexity index is 933. The molecule has 0 radical (unpaired) electrons. The molecule has 4 rings (SSSR count). The van der Waals surface area contributed by atoms with Crippen LogP contribution in [-0.4, -0.2) is 74.5 Å². The molecule has 1 aromatic carbocycles. The predicted molar refractivity (Wildman–Crippen MR) is 122 cm³/mol. The highest BCUT2D eigenvalue weighted by atomic mass is 32.1. The molecule has 1 atom stereocenters. The van der Waals surface area contributed by atoms with Gasteiger partial charge in [-0.15, -0.1) is 11.3 Å². The fourth-order valence-corrected chi connectivity index (χ4v) is 4.90. The zero-order valence-corrected chi connectivity index (χ0v) is 18.6. The minimum atomic E-state index is -0.174. The summed E-state index contributed by atoms with van der Waals surface area (Å²) in [6.07, 6.45) is 0.389. The van der Waals surface area contributed by atoms with Crippen LogP contribution in [0.2, 0.25) is 0 Å². The second-order valence-electron chi connectivity index (χ2n) is 7.73. The largest absolute Gasteiger partial charge is 0.469 e. The highest BCUT2D eigenvalue weighted by Gasteiger charge is 2.27. The number of anilines is 2. The standard InChI is InChI=1S/C22H29N5O2S/c1-15-12-17-21(24-18-6-4-5-7-19(18)25-22(17)30-15)27-10-8-26(9-11-27)14-16(23-2)13-20(28)29-3/h4-7,12,16,23,25H,8-11,13-14H2,1-3H3. The summed E-state index contributed by atoms with van der Waals surface area (Å²) in [5.41, 5.74) is 3.21. The number of aliphatic imine (C=N–C) groups is 1. The first-order valence-corrected chi connectivity index (χ1v) is 11.2. The maximum Gasteiger partial charge on any atom is 0.307 e. The Balaban J connectivity index is 1.48. The Labute approximate surface area is 181 Å². The third kappa shape index (κ3) is 4.50. The number of rotatable bonds is 5. The number of para-hydroxylation sites is 2. The lowest BCUT2D eigenvalue weighted by molar-refractivity contribution is -0.141. The monoisotopic (exact) mass is 427 g/mol. The Hall–Kier alpha value is -2.42. The molecule has 2 N–H and O–H groups in total. The minimum Gasteiger partial charge on any atom is -0.469 e. The second kappa shape index (κ2) is 9.16. The van der Waals surface area contributed by atoms with Crippen LogP contribution in [0.15, 0.2) is 35.3 Å². The van der Waals surface area contributed by atoms with Crippen molar-refractivity contribution in [1.82, 2.24) is 15.1 Å². The van der Waals surface area contributed by atoms with Gasteiger partial charge in [0.15, 0.2) is 0 Å². The molecule has 7 nitrogen and oxygen atoms in total. The maximum atomic E-state index is 11.6. The summed E-state index contributed by atoms with van der Waals surface area (Å²) in [5, 5.41) is 7.97. The first-order chi connectivity index (χ1) is 14.6. The van der Waals surface area contributed by atoms with Crippen molar-refractivity contribution in [3.8, 4) is 0 Å². The zero-order chi connectivity index (χ0) is 21.1. The molecule has 0 aliphatic carbocycles. The van der Waals surface area contributed by atoms with Crippen molar-refractivity contribution < 1.29 is 9.53 Å². The van der Waals surface area contributed by atoms with Crippen molar-refractivity contribution in [3.63, 3.8) is 0 Å². The van der Waals surface area contributed by atoms with Crippen LogP contribution in [0.4, 0.5) is 16.4 Å². The van der Waals surface area contributed by atoms with Crippen LogP contribution in [0.1, 0.15) is 16.9 Å². The van der Waals surface area contributed by atoms with Gasteiger partial charge in [0.05, 0.1) is 30.5 Å². The van der Waals surface area contributed by atoms with Crippen LogP contribution < -0.4 is 10.6 Å². The average Bonchev–Trinajstić information content (AvgIpc) is 3.05. The van der Waals surface area contributed by atoms with Gasteiger partial charge < -0.3 is 20.3 Å². The van der Waals surface area contributed by atoms with Crippen molar-refractivity contribution in [1.29, 1.82) is 0 Å². The number of benzene rings is 1. The number of carbonyl (C=O) groups excluding carboxylic acids is 1. The summed E-state index contributed by atoms with van der Waals surface area (Å²) in [4.78, 5) is 22.8. The highest BCUT2D eigenvalue weighted by Crippen LogP contribution is 2.39. The maximum absolute atomic E-state index is 11.6. The summed E-state index contributed by atoms with van der Waals surface area (Å²) in [5.74, 6) is 0.874. The van der Waals surface area contributed by atoms with Crippen LogP contribution >= 0.6 is 11.3 Å². The number of nitrogens with zero attached hydrogens (tertiary/aromatic N) is 3. The SMILES string of the molecule is CNC(CC(=O)OC)CN1CCN(C2=Nc3ccccc3Nc3sc(C)cc32)CC1. The van der Waals surface area contributed by atoms with Gasteiger partial charge in [-0.05, 0) is 32.2 Å². The first-order valence-electron chi connectivity index (χ1n) is 10.3. The van der Waals surface area contributed by atoms with Gasteiger partial charge in [0.1, 0.15) is 10.8 Å². The van der Waals surface area contributed by atoms with Gasteiger partial charge in [0, 0.05) is 43.6 Å². The van der Waals surface area contributed by atoms with Gasteiger partial charge in [-0.3, -0.25) is 9.69 Å². The van der Waals surface area contributed by atoms with Crippen molar-refractivity contribution in [3.05, 3.63) is 40.8 Å². The molecule has 2 aliphatic heterocycles. The fraction of sp³-hybridized carbons (Fsp3) is 0.455. The van der Waals surface area contributed by atoms with Crippen molar-refractivity contribution >= 4 is 39.5 Å². The molecule has 0 spiro atoms. The summed E-state index contributed by atoms with van der Waals surface area (Å²) in [6.45, 7) is 6.66. The average molecular weight is 428 g/mol. The summed E-state index contributed by atoms with van der Waals surface area (Å²) in [6, 6.07) is 10.5. The van der Waals surface area contributed by atoms with E-state index in [2.05, 4.69) is 45.6 Å². The molecule has 2 aliphatic rings. The number of esters is 1. The lowest BCUT2D eigenvalue weighted by Gasteiger charge is -2.37. The molecular weight excluding hydrogens is 398 g/mol. The van der Waals surface area contributed by atoms with E-state index in [1.165, 1.54) is 17.6 Å². The molecular formula is C22H29N5O2S. The van der Waals surface area contributed by atoms with E-state index in [4.69, 9.17) is 9.73 Å². The van der Waals surface area contributed by atoms with E-state index in [9.17, 15) is 4.79 Å². The number of ether oxygens (including phenoxy) is 1. The number of likely N-dealkylation sites (N-methyl/N-ethyl adjacent to an activating group) is 1. The summed E-state index contributed by atoms with van der Waals surface area (Å²) in [7, 11) is 3.34. The number of hydrogen-bond acceptors (Lipinski definition) is 8. The molecule has 1 aromatic heterocycles. The van der Waals surface area contributed by atoms with Gasteiger partial charge in [-0.2, -0.15) is 0 Å². The number of fused-ring (bicyclic) bond motifs is 2. The predicted octanol–water partition coefficient (Wildman–Crippen LogP) is 2.96. The normalized spacial score (nSPS) is 17.3. The van der Waals surface area contributed by atoms with E-state index >= 15 is 0 Å². The number of hydrogen-bond donors (Lipinski definition) is 2.